The van der Waals surface area contributed by atoms with Crippen molar-refractivity contribution < 1.29 is 0 Å². The van der Waals surface area contributed by atoms with Crippen molar-refractivity contribution in [2.75, 3.05) is 0 Å². The maximum atomic E-state index is 11.8. The summed E-state index contributed by atoms with van der Waals surface area (Å²) in [7, 11) is 0. The lowest BCUT2D eigenvalue weighted by molar-refractivity contribution is 0.838. The van der Waals surface area contributed by atoms with Crippen molar-refractivity contribution in [3.05, 3.63) is 57.9 Å². The van der Waals surface area contributed by atoms with E-state index >= 15 is 0 Å². The molecule has 1 aromatic rings. The molecular weight excluding hydrogens is 198 g/mol. The first-order valence-corrected chi connectivity index (χ1v) is 5.29. The van der Waals surface area contributed by atoms with Gasteiger partial charge in [0, 0.05) is 10.9 Å². The Bertz CT molecular complexity index is 561. The van der Waals surface area contributed by atoms with Crippen LogP contribution in [0.3, 0.4) is 0 Å². The molecule has 0 fully saturated rings. The molecule has 0 aromatic carbocycles. The molecule has 0 saturated carbocycles. The second kappa shape index (κ2) is 5.31. The van der Waals surface area contributed by atoms with Crippen molar-refractivity contribution in [2.24, 2.45) is 0 Å². The Balaban J connectivity index is 3.70. The zero-order chi connectivity index (χ0) is 12.1. The van der Waals surface area contributed by atoms with E-state index in [0.717, 1.165) is 16.1 Å². The van der Waals surface area contributed by atoms with Crippen molar-refractivity contribution in [3.8, 4) is 0 Å². The van der Waals surface area contributed by atoms with E-state index in [2.05, 4.69) is 18.1 Å². The number of allylic oxidation sites excluding steroid dienone is 2. The van der Waals surface area contributed by atoms with Gasteiger partial charge in [-0.25, -0.2) is 0 Å². The van der Waals surface area contributed by atoms with E-state index in [4.69, 9.17) is 0 Å². The number of hydrogen-bond donors (Lipinski definition) is 1. The molecule has 0 unspecified atom stereocenters. The van der Waals surface area contributed by atoms with Crippen LogP contribution in [-0.2, 0) is 0 Å². The van der Waals surface area contributed by atoms with Gasteiger partial charge in [-0.15, -0.1) is 0 Å². The van der Waals surface area contributed by atoms with E-state index in [-0.39, 0.29) is 11.5 Å². The predicted molar refractivity (Wildman–Crippen MR) is 69.7 cm³/mol. The van der Waals surface area contributed by atoms with Gasteiger partial charge >= 0.3 is 0 Å². The van der Waals surface area contributed by atoms with Crippen LogP contribution in [0.15, 0.2) is 36.2 Å². The Morgan fingerprint density at radius 3 is 2.38 bits per heavy atom. The topological polar surface area (TPSA) is 32.9 Å². The maximum absolute atomic E-state index is 11.8. The van der Waals surface area contributed by atoms with E-state index in [1.807, 2.05) is 26.0 Å². The van der Waals surface area contributed by atoms with Crippen LogP contribution in [0.25, 0.3) is 12.2 Å². The summed E-state index contributed by atoms with van der Waals surface area (Å²) in [5, 5.41) is 1.72. The van der Waals surface area contributed by atoms with Crippen LogP contribution in [0, 0.1) is 0 Å². The quantitative estimate of drug-likeness (QED) is 0.813. The molecule has 2 nitrogen and oxygen atoms in total. The summed E-state index contributed by atoms with van der Waals surface area (Å²) < 4.78 is 0. The summed E-state index contributed by atoms with van der Waals surface area (Å²) in [4.78, 5) is 14.6. The molecule has 1 heterocycles. The molecule has 0 aliphatic heterocycles. The van der Waals surface area contributed by atoms with Gasteiger partial charge in [0.2, 0.25) is 0 Å². The summed E-state index contributed by atoms with van der Waals surface area (Å²) in [5.41, 5.74) is 0.749. The smallest absolute Gasteiger partial charge is 0.251 e. The number of nitrogens with one attached hydrogen (secondary N) is 1. The largest absolute Gasteiger partial charge is 0.322 e. The summed E-state index contributed by atoms with van der Waals surface area (Å²) in [6, 6.07) is 1.90. The van der Waals surface area contributed by atoms with Crippen molar-refractivity contribution >= 4 is 12.2 Å². The van der Waals surface area contributed by atoms with Gasteiger partial charge in [0.15, 0.2) is 0 Å². The highest BCUT2D eigenvalue weighted by molar-refractivity contribution is 5.41. The van der Waals surface area contributed by atoms with Crippen LogP contribution in [0.1, 0.15) is 25.3 Å². The van der Waals surface area contributed by atoms with Crippen molar-refractivity contribution in [1.29, 1.82) is 0 Å². The number of pyridine rings is 1. The third-order valence-corrected chi connectivity index (χ3v) is 2.34. The lowest BCUT2D eigenvalue weighted by Gasteiger charge is -2.03. The minimum atomic E-state index is -0.0377. The molecule has 0 aliphatic rings. The molecule has 16 heavy (non-hydrogen) atoms. The molecule has 0 amide bonds. The van der Waals surface area contributed by atoms with Gasteiger partial charge in [-0.3, -0.25) is 4.79 Å². The van der Waals surface area contributed by atoms with Gasteiger partial charge in [-0.1, -0.05) is 45.2 Å². The van der Waals surface area contributed by atoms with Crippen LogP contribution in [0.5, 0.6) is 0 Å². The standard InChI is InChI=1S/C14H17NO/c1-5-7-11-9-12(10(3)4)14(16)15-13(11)8-6-2/h5-10H,1-2H2,3-4H3,(H,15,16)/b11-7-,13-8+. The molecule has 0 saturated heterocycles. The highest BCUT2D eigenvalue weighted by Gasteiger charge is 2.04. The highest BCUT2D eigenvalue weighted by Crippen LogP contribution is 2.04. The number of H-pyrrole nitrogens is 1. The van der Waals surface area contributed by atoms with Crippen molar-refractivity contribution in [3.63, 3.8) is 0 Å². The fourth-order valence-corrected chi connectivity index (χ4v) is 1.53. The van der Waals surface area contributed by atoms with E-state index in [1.165, 1.54) is 0 Å². The zero-order valence-corrected chi connectivity index (χ0v) is 9.79. The van der Waals surface area contributed by atoms with Gasteiger partial charge in [0.1, 0.15) is 0 Å². The first kappa shape index (κ1) is 12.2. The molecule has 0 atom stereocenters. The molecule has 0 radical (unpaired) electrons. The van der Waals surface area contributed by atoms with E-state index in [9.17, 15) is 4.79 Å². The zero-order valence-electron chi connectivity index (χ0n) is 9.79. The number of rotatable bonds is 3. The summed E-state index contributed by atoms with van der Waals surface area (Å²) in [6.07, 6.45) is 7.01. The van der Waals surface area contributed by atoms with Crippen LogP contribution < -0.4 is 16.1 Å². The Morgan fingerprint density at radius 2 is 1.88 bits per heavy atom. The van der Waals surface area contributed by atoms with Crippen molar-refractivity contribution in [2.45, 2.75) is 19.8 Å². The summed E-state index contributed by atoms with van der Waals surface area (Å²) in [6.45, 7) is 11.3. The Hall–Kier alpha value is -1.83. The van der Waals surface area contributed by atoms with Crippen LogP contribution in [0.4, 0.5) is 0 Å². The molecule has 84 valence electrons. The fourth-order valence-electron chi connectivity index (χ4n) is 1.53. The molecule has 0 spiro atoms. The predicted octanol–water partition coefficient (Wildman–Crippen LogP) is 1.43. The van der Waals surface area contributed by atoms with Gasteiger partial charge < -0.3 is 4.98 Å². The van der Waals surface area contributed by atoms with Gasteiger partial charge in [0.25, 0.3) is 5.56 Å². The number of aromatic amines is 1. The molecule has 2 heteroatoms. The SMILES string of the molecule is C=C/C=c1/cc(C(C)C)c(=O)[nH]/c1=C/C=C. The average molecular weight is 215 g/mol. The van der Waals surface area contributed by atoms with Gasteiger partial charge in [0.05, 0.1) is 0 Å². The normalized spacial score (nSPS) is 13.2. The minimum absolute atomic E-state index is 0.0377. The first-order valence-electron chi connectivity index (χ1n) is 5.29. The van der Waals surface area contributed by atoms with Gasteiger partial charge in [-0.2, -0.15) is 0 Å². The number of aromatic nitrogens is 1. The van der Waals surface area contributed by atoms with Crippen LogP contribution >= 0.6 is 0 Å². The minimum Gasteiger partial charge on any atom is -0.322 e. The fraction of sp³-hybridized carbons (Fsp3) is 0.214. The lowest BCUT2D eigenvalue weighted by Crippen LogP contribution is -2.36. The van der Waals surface area contributed by atoms with Gasteiger partial charge in [-0.05, 0) is 23.3 Å². The monoisotopic (exact) mass is 215 g/mol. The van der Waals surface area contributed by atoms with Crippen molar-refractivity contribution in [1.82, 2.24) is 4.98 Å². The Morgan fingerprint density at radius 1 is 1.25 bits per heavy atom. The maximum Gasteiger partial charge on any atom is 0.251 e. The molecule has 0 bridgehead atoms. The van der Waals surface area contributed by atoms with E-state index in [1.54, 1.807) is 18.2 Å². The molecule has 1 N–H and O–H groups in total. The number of hydrogen-bond acceptors (Lipinski definition) is 1. The van der Waals surface area contributed by atoms with E-state index < -0.39 is 0 Å². The lowest BCUT2D eigenvalue weighted by atomic mass is 10.0. The third-order valence-electron chi connectivity index (χ3n) is 2.34. The third kappa shape index (κ3) is 2.60. The van der Waals surface area contributed by atoms with Crippen LogP contribution in [0.2, 0.25) is 0 Å². The van der Waals surface area contributed by atoms with Crippen LogP contribution in [-0.4, -0.2) is 4.98 Å². The molecule has 1 aromatic heterocycles. The molecule has 0 aliphatic carbocycles. The second-order valence-corrected chi connectivity index (χ2v) is 3.88. The Kier molecular flexibility index (Phi) is 4.06. The highest BCUT2D eigenvalue weighted by atomic mass is 16.1. The summed E-state index contributed by atoms with van der Waals surface area (Å²) in [5.74, 6) is 0.207. The molecule has 1 rings (SSSR count). The average Bonchev–Trinajstić information content (AvgIpc) is 2.22. The first-order chi connectivity index (χ1) is 7.60. The second-order valence-electron chi connectivity index (χ2n) is 3.88. The molecular formula is C14H17NO. The Labute approximate surface area is 95.3 Å². The summed E-state index contributed by atoms with van der Waals surface area (Å²) >= 11 is 0. The van der Waals surface area contributed by atoms with E-state index in [0.29, 0.717) is 0 Å².